The van der Waals surface area contributed by atoms with Crippen molar-refractivity contribution in [3.8, 4) is 0 Å². The van der Waals surface area contributed by atoms with Gasteiger partial charge in [0.25, 0.3) is 5.60 Å². The third kappa shape index (κ3) is 5.16. The number of nitrogens with zero attached hydrogens (tertiary/aromatic N) is 2. The molecule has 204 valence electrons. The summed E-state index contributed by atoms with van der Waals surface area (Å²) in [5, 5.41) is 14.4. The van der Waals surface area contributed by atoms with Crippen LogP contribution < -0.4 is 0 Å². The Kier molecular flexibility index (Phi) is 7.22. The van der Waals surface area contributed by atoms with E-state index in [1.807, 2.05) is 30.3 Å². The highest BCUT2D eigenvalue weighted by atomic mass is 35.5. The van der Waals surface area contributed by atoms with E-state index >= 15 is 0 Å². The number of hydrogen-bond acceptors (Lipinski definition) is 5. The zero-order chi connectivity index (χ0) is 28.0. The summed E-state index contributed by atoms with van der Waals surface area (Å²) in [4.78, 5) is 18.7. The summed E-state index contributed by atoms with van der Waals surface area (Å²) >= 11 is 17.9. The zero-order valence-electron chi connectivity index (χ0n) is 20.0. The van der Waals surface area contributed by atoms with Crippen LogP contribution in [0.4, 0.5) is 18.0 Å². The fourth-order valence-corrected chi connectivity index (χ4v) is 5.12. The Morgan fingerprint density at radius 1 is 1.00 bits per heavy atom. The molecule has 0 radical (unpaired) electrons. The van der Waals surface area contributed by atoms with Crippen molar-refractivity contribution in [2.24, 2.45) is 5.16 Å². The molecular formula is C27H20Cl3F3N2O4. The van der Waals surface area contributed by atoms with Crippen LogP contribution in [0.15, 0.2) is 71.9 Å². The van der Waals surface area contributed by atoms with Crippen LogP contribution in [0.1, 0.15) is 28.7 Å². The van der Waals surface area contributed by atoms with Gasteiger partial charge in [0.05, 0.1) is 33.9 Å². The van der Waals surface area contributed by atoms with E-state index in [9.17, 15) is 23.1 Å². The number of amides is 1. The van der Waals surface area contributed by atoms with Crippen LogP contribution in [0.25, 0.3) is 0 Å². The first-order valence-corrected chi connectivity index (χ1v) is 12.8. The summed E-state index contributed by atoms with van der Waals surface area (Å²) in [6.07, 6.45) is -6.03. The van der Waals surface area contributed by atoms with Gasteiger partial charge in [0.2, 0.25) is 0 Å². The predicted octanol–water partition coefficient (Wildman–Crippen LogP) is 7.07. The molecule has 0 spiro atoms. The number of alkyl halides is 3. The standard InChI is InChI=1S/C27H20Cl3F3N2O4/c28-20-10-19(11-21(29)23(20)30)26(27(31,32)33)12-22(34-39-26)17-6-8-18(9-7-17)25(37)14-35(15-25)24(36)38-13-16-4-2-1-3-5-16/h1-11,37H,12-15H2/t26-/m1/s1. The Morgan fingerprint density at radius 3 is 2.21 bits per heavy atom. The lowest BCUT2D eigenvalue weighted by Crippen LogP contribution is -2.61. The van der Waals surface area contributed by atoms with Crippen LogP contribution in [-0.4, -0.2) is 41.1 Å². The lowest BCUT2D eigenvalue weighted by Gasteiger charge is -2.45. The summed E-state index contributed by atoms with van der Waals surface area (Å²) in [6, 6.07) is 17.6. The Balaban J connectivity index is 1.26. The monoisotopic (exact) mass is 598 g/mol. The van der Waals surface area contributed by atoms with Crippen LogP contribution in [0.3, 0.4) is 0 Å². The fraction of sp³-hybridized carbons (Fsp3) is 0.259. The fourth-order valence-electron chi connectivity index (χ4n) is 4.53. The molecule has 39 heavy (non-hydrogen) atoms. The normalized spacial score (nSPS) is 20.2. The molecule has 5 rings (SSSR count). The van der Waals surface area contributed by atoms with Crippen LogP contribution in [-0.2, 0) is 27.4 Å². The van der Waals surface area contributed by atoms with E-state index in [2.05, 4.69) is 5.16 Å². The van der Waals surface area contributed by atoms with Gasteiger partial charge in [-0.2, -0.15) is 13.2 Å². The van der Waals surface area contributed by atoms with Crippen molar-refractivity contribution in [1.82, 2.24) is 4.90 Å². The van der Waals surface area contributed by atoms with Crippen molar-refractivity contribution in [3.63, 3.8) is 0 Å². The first-order chi connectivity index (χ1) is 18.4. The SMILES string of the molecule is O=C(OCc1ccccc1)N1CC(O)(c2ccc(C3=NO[C@](c4cc(Cl)c(Cl)c(Cl)c4)(C(F)(F)F)C3)cc2)C1. The second-order valence-electron chi connectivity index (χ2n) is 9.39. The number of hydrogen-bond donors (Lipinski definition) is 1. The minimum absolute atomic E-state index is 0.0132. The molecule has 1 amide bonds. The van der Waals surface area contributed by atoms with E-state index in [0.717, 1.165) is 17.7 Å². The van der Waals surface area contributed by atoms with Gasteiger partial charge in [0.15, 0.2) is 0 Å². The molecule has 3 aromatic rings. The molecule has 1 fully saturated rings. The number of carbonyl (C=O) groups is 1. The number of rotatable bonds is 5. The Labute approximate surface area is 236 Å². The van der Waals surface area contributed by atoms with Gasteiger partial charge < -0.3 is 19.6 Å². The summed E-state index contributed by atoms with van der Waals surface area (Å²) in [5.41, 5.74) is -2.68. The lowest BCUT2D eigenvalue weighted by atomic mass is 9.84. The van der Waals surface area contributed by atoms with Crippen molar-refractivity contribution < 1.29 is 32.6 Å². The molecule has 6 nitrogen and oxygen atoms in total. The number of carbonyl (C=O) groups excluding carboxylic acids is 1. The first-order valence-electron chi connectivity index (χ1n) is 11.7. The number of ether oxygens (including phenoxy) is 1. The number of oxime groups is 1. The number of likely N-dealkylation sites (tertiary alicyclic amines) is 1. The molecule has 12 heteroatoms. The molecule has 0 aliphatic carbocycles. The minimum atomic E-state index is -4.85. The second-order valence-corrected chi connectivity index (χ2v) is 10.6. The van der Waals surface area contributed by atoms with Crippen LogP contribution in [0.5, 0.6) is 0 Å². The molecule has 2 aliphatic rings. The van der Waals surface area contributed by atoms with Gasteiger partial charge in [-0.15, -0.1) is 0 Å². The molecule has 3 aromatic carbocycles. The summed E-state index contributed by atoms with van der Waals surface area (Å²) in [6.45, 7) is 0.139. The molecule has 0 bridgehead atoms. The summed E-state index contributed by atoms with van der Waals surface area (Å²) in [7, 11) is 0. The maximum atomic E-state index is 14.3. The summed E-state index contributed by atoms with van der Waals surface area (Å²) in [5.74, 6) is 0. The molecule has 2 heterocycles. The molecule has 0 unspecified atom stereocenters. The quantitative estimate of drug-likeness (QED) is 0.319. The molecular weight excluding hydrogens is 580 g/mol. The lowest BCUT2D eigenvalue weighted by molar-refractivity contribution is -0.275. The smallest absolute Gasteiger partial charge is 0.435 e. The number of aliphatic hydroxyl groups is 1. The van der Waals surface area contributed by atoms with Crippen LogP contribution in [0, 0.1) is 0 Å². The van der Waals surface area contributed by atoms with Gasteiger partial charge >= 0.3 is 12.3 Å². The largest absolute Gasteiger partial charge is 0.445 e. The number of β-amino-alcohol motifs (C(OH)–C–C–N with tert-alkyl or cyclic N) is 1. The van der Waals surface area contributed by atoms with Crippen molar-refractivity contribution in [1.29, 1.82) is 0 Å². The van der Waals surface area contributed by atoms with Crippen molar-refractivity contribution >= 4 is 46.6 Å². The molecule has 1 N–H and O–H groups in total. The molecule has 0 saturated carbocycles. The number of halogens is 6. The van der Waals surface area contributed by atoms with Gasteiger partial charge in [-0.05, 0) is 28.8 Å². The van der Waals surface area contributed by atoms with E-state index in [1.54, 1.807) is 24.3 Å². The molecule has 0 aromatic heterocycles. The summed E-state index contributed by atoms with van der Waals surface area (Å²) < 4.78 is 48.1. The van der Waals surface area contributed by atoms with Gasteiger partial charge in [0, 0.05) is 12.0 Å². The average molecular weight is 600 g/mol. The van der Waals surface area contributed by atoms with E-state index < -0.39 is 29.9 Å². The maximum Gasteiger partial charge on any atom is 0.435 e. The van der Waals surface area contributed by atoms with Gasteiger partial charge in [-0.1, -0.05) is 94.6 Å². The maximum absolute atomic E-state index is 14.3. The van der Waals surface area contributed by atoms with E-state index in [-0.39, 0.29) is 46.0 Å². The Bertz CT molecular complexity index is 1410. The Hall–Kier alpha value is -2.98. The van der Waals surface area contributed by atoms with Gasteiger partial charge in [0.1, 0.15) is 12.2 Å². The topological polar surface area (TPSA) is 71.4 Å². The highest BCUT2D eigenvalue weighted by Gasteiger charge is 2.62. The van der Waals surface area contributed by atoms with Crippen molar-refractivity contribution in [2.75, 3.05) is 13.1 Å². The second kappa shape index (κ2) is 10.2. The third-order valence-electron chi connectivity index (χ3n) is 6.76. The van der Waals surface area contributed by atoms with Gasteiger partial charge in [-0.3, -0.25) is 0 Å². The molecule has 2 aliphatic heterocycles. The van der Waals surface area contributed by atoms with E-state index in [0.29, 0.717) is 11.1 Å². The highest BCUT2D eigenvalue weighted by Crippen LogP contribution is 2.50. The minimum Gasteiger partial charge on any atom is -0.445 e. The van der Waals surface area contributed by atoms with E-state index in [4.69, 9.17) is 44.4 Å². The van der Waals surface area contributed by atoms with Crippen molar-refractivity contribution in [3.05, 3.63) is 104 Å². The zero-order valence-corrected chi connectivity index (χ0v) is 22.3. The van der Waals surface area contributed by atoms with Crippen LogP contribution in [0.2, 0.25) is 15.1 Å². The highest BCUT2D eigenvalue weighted by molar-refractivity contribution is 6.48. The average Bonchev–Trinajstić information content (AvgIpc) is 3.36. The Morgan fingerprint density at radius 2 is 1.62 bits per heavy atom. The third-order valence-corrected chi connectivity index (χ3v) is 7.96. The number of benzene rings is 3. The molecule has 1 atom stereocenters. The predicted molar refractivity (Wildman–Crippen MR) is 140 cm³/mol. The molecule has 1 saturated heterocycles. The first kappa shape index (κ1) is 27.6. The van der Waals surface area contributed by atoms with Crippen molar-refractivity contribution in [2.45, 2.75) is 30.4 Å². The van der Waals surface area contributed by atoms with Gasteiger partial charge in [-0.25, -0.2) is 4.79 Å². The van der Waals surface area contributed by atoms with E-state index in [1.165, 1.54) is 4.90 Å². The van der Waals surface area contributed by atoms with Crippen LogP contribution >= 0.6 is 34.8 Å².